The molecule has 2 aromatic heterocycles. The van der Waals surface area contributed by atoms with Crippen LogP contribution in [0, 0.1) is 0 Å². The predicted octanol–water partition coefficient (Wildman–Crippen LogP) is 2.80. The Kier molecular flexibility index (Phi) is 3.64. The lowest BCUT2D eigenvalue weighted by atomic mass is 10.1. The maximum atomic E-state index is 11.1. The van der Waals surface area contributed by atoms with E-state index in [1.807, 2.05) is 24.3 Å². The van der Waals surface area contributed by atoms with Crippen molar-refractivity contribution in [2.45, 2.75) is 20.0 Å². The van der Waals surface area contributed by atoms with Crippen LogP contribution >= 0.6 is 0 Å². The minimum atomic E-state index is -0.118. The van der Waals surface area contributed by atoms with Crippen LogP contribution in [0.1, 0.15) is 12.5 Å². The van der Waals surface area contributed by atoms with Crippen LogP contribution in [0.2, 0.25) is 0 Å². The van der Waals surface area contributed by atoms with Crippen molar-refractivity contribution in [1.29, 1.82) is 0 Å². The van der Waals surface area contributed by atoms with E-state index in [-0.39, 0.29) is 5.56 Å². The van der Waals surface area contributed by atoms with Gasteiger partial charge in [0.05, 0.1) is 5.69 Å². The van der Waals surface area contributed by atoms with Gasteiger partial charge in [-0.05, 0) is 36.2 Å². The molecule has 3 rings (SSSR count). The number of hydrogen-bond donors (Lipinski definition) is 3. The molecule has 3 N–H and O–H groups in total. The highest BCUT2D eigenvalue weighted by Crippen LogP contribution is 2.18. The number of anilines is 1. The van der Waals surface area contributed by atoms with Crippen molar-refractivity contribution in [2.24, 2.45) is 0 Å². The summed E-state index contributed by atoms with van der Waals surface area (Å²) in [6.45, 7) is 3.91. The molecule has 1 aromatic carbocycles. The molecule has 0 atom stereocenters. The number of nitrogens with one attached hydrogen (secondary N) is 3. The Morgan fingerprint density at radius 3 is 2.57 bits per heavy atom. The van der Waals surface area contributed by atoms with E-state index in [1.165, 1.54) is 5.56 Å². The standard InChI is InChI=1S/C16H18N4O/c1-2-20-8-7-12(11-20)10-17-14-5-3-13(4-6-14)15-9-16(21)19-18-15/h3-9,11,17H,2,10H2,1H3,(H2,18,19,21). The lowest BCUT2D eigenvalue weighted by Gasteiger charge is -2.06. The van der Waals surface area contributed by atoms with Gasteiger partial charge in [0.25, 0.3) is 5.56 Å². The molecule has 2 heterocycles. The fourth-order valence-electron chi connectivity index (χ4n) is 2.25. The monoisotopic (exact) mass is 282 g/mol. The van der Waals surface area contributed by atoms with Gasteiger partial charge in [-0.15, -0.1) is 0 Å². The average Bonchev–Trinajstić information content (AvgIpc) is 3.14. The summed E-state index contributed by atoms with van der Waals surface area (Å²) < 4.78 is 2.16. The van der Waals surface area contributed by atoms with Crippen LogP contribution in [0.15, 0.2) is 53.6 Å². The Balaban J connectivity index is 1.65. The smallest absolute Gasteiger partial charge is 0.264 e. The second-order valence-corrected chi connectivity index (χ2v) is 4.95. The molecule has 0 saturated heterocycles. The van der Waals surface area contributed by atoms with Gasteiger partial charge in [-0.1, -0.05) is 12.1 Å². The predicted molar refractivity (Wildman–Crippen MR) is 84.3 cm³/mol. The van der Waals surface area contributed by atoms with Crippen LogP contribution in [0.5, 0.6) is 0 Å². The molecule has 0 fully saturated rings. The number of aromatic nitrogens is 3. The lowest BCUT2D eigenvalue weighted by molar-refractivity contribution is 0.766. The van der Waals surface area contributed by atoms with Crippen molar-refractivity contribution in [3.63, 3.8) is 0 Å². The first-order valence-electron chi connectivity index (χ1n) is 7.01. The third kappa shape index (κ3) is 3.08. The number of aryl methyl sites for hydroxylation is 1. The van der Waals surface area contributed by atoms with Gasteiger partial charge in [-0.25, -0.2) is 0 Å². The molecule has 0 saturated carbocycles. The van der Waals surface area contributed by atoms with Crippen LogP contribution in [-0.2, 0) is 13.1 Å². The second-order valence-electron chi connectivity index (χ2n) is 4.95. The van der Waals surface area contributed by atoms with Crippen LogP contribution in [-0.4, -0.2) is 14.8 Å². The van der Waals surface area contributed by atoms with E-state index in [0.29, 0.717) is 0 Å². The first-order chi connectivity index (χ1) is 10.2. The number of H-pyrrole nitrogens is 2. The molecule has 108 valence electrons. The van der Waals surface area contributed by atoms with Crippen LogP contribution in [0.3, 0.4) is 0 Å². The van der Waals surface area contributed by atoms with Crippen LogP contribution in [0.25, 0.3) is 11.3 Å². The quantitative estimate of drug-likeness (QED) is 0.673. The highest BCUT2D eigenvalue weighted by atomic mass is 16.1. The van der Waals surface area contributed by atoms with Crippen LogP contribution in [0.4, 0.5) is 5.69 Å². The average molecular weight is 282 g/mol. The molecule has 3 aromatic rings. The van der Waals surface area contributed by atoms with E-state index in [9.17, 15) is 4.79 Å². The fourth-order valence-corrected chi connectivity index (χ4v) is 2.25. The summed E-state index contributed by atoms with van der Waals surface area (Å²) in [5, 5.41) is 8.77. The Morgan fingerprint density at radius 1 is 1.14 bits per heavy atom. The Morgan fingerprint density at radius 2 is 1.95 bits per heavy atom. The number of hydrogen-bond acceptors (Lipinski definition) is 2. The van der Waals surface area contributed by atoms with Crippen LogP contribution < -0.4 is 10.9 Å². The highest BCUT2D eigenvalue weighted by Gasteiger charge is 2.01. The van der Waals surface area contributed by atoms with Gasteiger partial charge < -0.3 is 9.88 Å². The van der Waals surface area contributed by atoms with Crippen molar-refractivity contribution in [1.82, 2.24) is 14.8 Å². The minimum absolute atomic E-state index is 0.118. The zero-order chi connectivity index (χ0) is 14.7. The fraction of sp³-hybridized carbons (Fsp3) is 0.188. The summed E-state index contributed by atoms with van der Waals surface area (Å²) >= 11 is 0. The molecule has 0 amide bonds. The molecule has 5 heteroatoms. The lowest BCUT2D eigenvalue weighted by Crippen LogP contribution is -1.98. The van der Waals surface area contributed by atoms with Crippen molar-refractivity contribution < 1.29 is 0 Å². The Hall–Kier alpha value is -2.69. The molecule has 0 spiro atoms. The Labute approximate surface area is 122 Å². The molecule has 0 aliphatic carbocycles. The number of benzene rings is 1. The van der Waals surface area contributed by atoms with E-state index < -0.39 is 0 Å². The number of rotatable bonds is 5. The first-order valence-corrected chi connectivity index (χ1v) is 7.01. The molecule has 0 bridgehead atoms. The maximum absolute atomic E-state index is 11.1. The normalized spacial score (nSPS) is 10.7. The van der Waals surface area contributed by atoms with E-state index in [4.69, 9.17) is 0 Å². The topological polar surface area (TPSA) is 65.6 Å². The summed E-state index contributed by atoms with van der Waals surface area (Å²) in [4.78, 5) is 11.1. The van der Waals surface area contributed by atoms with Crippen molar-refractivity contribution in [3.8, 4) is 11.3 Å². The molecule has 21 heavy (non-hydrogen) atoms. The van der Waals surface area contributed by atoms with Crippen molar-refractivity contribution in [3.05, 3.63) is 64.7 Å². The summed E-state index contributed by atoms with van der Waals surface area (Å²) in [5.41, 5.74) is 3.98. The SMILES string of the molecule is CCn1ccc(CNc2ccc(-c3cc(=O)[nH][nH]3)cc2)c1. The molecule has 0 radical (unpaired) electrons. The highest BCUT2D eigenvalue weighted by molar-refractivity contribution is 5.62. The van der Waals surface area contributed by atoms with Gasteiger partial charge in [0.1, 0.15) is 0 Å². The number of aromatic amines is 2. The number of nitrogens with zero attached hydrogens (tertiary/aromatic N) is 1. The zero-order valence-electron chi connectivity index (χ0n) is 11.9. The minimum Gasteiger partial charge on any atom is -0.381 e. The summed E-state index contributed by atoms with van der Waals surface area (Å²) in [7, 11) is 0. The third-order valence-electron chi connectivity index (χ3n) is 3.47. The second kappa shape index (κ2) is 5.75. The van der Waals surface area contributed by atoms with E-state index >= 15 is 0 Å². The molecular formula is C16H18N4O. The zero-order valence-corrected chi connectivity index (χ0v) is 11.9. The largest absolute Gasteiger partial charge is 0.381 e. The van der Waals surface area contributed by atoms with E-state index in [2.05, 4.69) is 45.5 Å². The summed E-state index contributed by atoms with van der Waals surface area (Å²) in [6, 6.07) is 11.7. The van der Waals surface area contributed by atoms with Crippen molar-refractivity contribution >= 4 is 5.69 Å². The first kappa shape index (κ1) is 13.3. The van der Waals surface area contributed by atoms with Gasteiger partial charge in [-0.3, -0.25) is 15.0 Å². The van der Waals surface area contributed by atoms with Gasteiger partial charge in [-0.2, -0.15) is 0 Å². The maximum Gasteiger partial charge on any atom is 0.264 e. The van der Waals surface area contributed by atoms with Gasteiger partial charge in [0.2, 0.25) is 0 Å². The Bertz CT molecular complexity index is 764. The summed E-state index contributed by atoms with van der Waals surface area (Å²) in [6.07, 6.45) is 4.23. The van der Waals surface area contributed by atoms with E-state index in [0.717, 1.165) is 30.0 Å². The van der Waals surface area contributed by atoms with Crippen molar-refractivity contribution in [2.75, 3.05) is 5.32 Å². The summed E-state index contributed by atoms with van der Waals surface area (Å²) in [5.74, 6) is 0. The van der Waals surface area contributed by atoms with E-state index in [1.54, 1.807) is 6.07 Å². The molecule has 0 aliphatic heterocycles. The molecule has 0 aliphatic rings. The van der Waals surface area contributed by atoms with Gasteiger partial charge in [0, 0.05) is 37.2 Å². The molecular weight excluding hydrogens is 264 g/mol. The molecule has 5 nitrogen and oxygen atoms in total. The van der Waals surface area contributed by atoms with Gasteiger partial charge >= 0.3 is 0 Å². The van der Waals surface area contributed by atoms with Gasteiger partial charge in [0.15, 0.2) is 0 Å². The molecule has 0 unspecified atom stereocenters. The third-order valence-corrected chi connectivity index (χ3v) is 3.47.